The number of rotatable bonds is 3. The van der Waals surface area contributed by atoms with Crippen molar-refractivity contribution >= 4 is 11.6 Å². The van der Waals surface area contributed by atoms with Crippen molar-refractivity contribution in [2.75, 3.05) is 0 Å². The first-order valence-corrected chi connectivity index (χ1v) is 6.08. The van der Waals surface area contributed by atoms with Gasteiger partial charge < -0.3 is 5.11 Å². The van der Waals surface area contributed by atoms with E-state index in [0.29, 0.717) is 22.8 Å². The average Bonchev–Trinajstić information content (AvgIpc) is 2.73. The lowest BCUT2D eigenvalue weighted by Gasteiger charge is -2.15. The van der Waals surface area contributed by atoms with E-state index >= 15 is 0 Å². The van der Waals surface area contributed by atoms with Gasteiger partial charge in [0, 0.05) is 12.1 Å². The highest BCUT2D eigenvalue weighted by Gasteiger charge is 2.22. The van der Waals surface area contributed by atoms with Crippen LogP contribution < -0.4 is 0 Å². The Morgan fingerprint density at radius 1 is 1.50 bits per heavy atom. The maximum Gasteiger partial charge on any atom is 0.132 e. The third-order valence-corrected chi connectivity index (χ3v) is 3.20. The molecule has 5 heteroatoms. The molecule has 0 aliphatic carbocycles. The number of aryl methyl sites for hydroxylation is 2. The molecule has 2 aromatic rings. The molecular weight excluding hydrogens is 255 g/mol. The number of aliphatic hydroxyl groups is 1. The van der Waals surface area contributed by atoms with Crippen molar-refractivity contribution in [3.63, 3.8) is 0 Å². The standard InChI is InChI=1S/C13H14ClFN2O/c1-3-17-12(10(14)7-16-17)13(18)9-6-4-5-8(2)11(9)15/h4-7,13,18H,3H2,1-2H3. The molecule has 1 unspecified atom stereocenters. The van der Waals surface area contributed by atoms with Crippen LogP contribution in [-0.4, -0.2) is 14.9 Å². The molecule has 1 atom stereocenters. The van der Waals surface area contributed by atoms with Crippen LogP contribution in [0.25, 0.3) is 0 Å². The molecule has 2 rings (SSSR count). The molecule has 96 valence electrons. The van der Waals surface area contributed by atoms with Gasteiger partial charge >= 0.3 is 0 Å². The van der Waals surface area contributed by atoms with E-state index in [9.17, 15) is 9.50 Å². The Hall–Kier alpha value is -1.39. The fourth-order valence-corrected chi connectivity index (χ4v) is 2.17. The van der Waals surface area contributed by atoms with Crippen molar-refractivity contribution in [1.82, 2.24) is 9.78 Å². The summed E-state index contributed by atoms with van der Waals surface area (Å²) in [7, 11) is 0. The van der Waals surface area contributed by atoms with Crippen LogP contribution in [0.2, 0.25) is 5.02 Å². The first kappa shape index (κ1) is 13.1. The summed E-state index contributed by atoms with van der Waals surface area (Å²) >= 11 is 5.99. The van der Waals surface area contributed by atoms with Gasteiger partial charge in [0.15, 0.2) is 0 Å². The van der Waals surface area contributed by atoms with Crippen LogP contribution >= 0.6 is 11.6 Å². The Morgan fingerprint density at radius 2 is 2.22 bits per heavy atom. The number of hydrogen-bond donors (Lipinski definition) is 1. The Labute approximate surface area is 110 Å². The van der Waals surface area contributed by atoms with Crippen LogP contribution in [0.4, 0.5) is 4.39 Å². The van der Waals surface area contributed by atoms with Crippen molar-refractivity contribution in [3.05, 3.63) is 52.1 Å². The lowest BCUT2D eigenvalue weighted by molar-refractivity contribution is 0.203. The van der Waals surface area contributed by atoms with Crippen LogP contribution in [0.15, 0.2) is 24.4 Å². The third kappa shape index (κ3) is 2.13. The number of benzene rings is 1. The summed E-state index contributed by atoms with van der Waals surface area (Å²) in [6.45, 7) is 4.10. The van der Waals surface area contributed by atoms with Gasteiger partial charge in [-0.3, -0.25) is 4.68 Å². The molecule has 0 aliphatic rings. The molecule has 0 fully saturated rings. The second-order valence-corrected chi connectivity index (χ2v) is 4.48. The van der Waals surface area contributed by atoms with E-state index in [4.69, 9.17) is 11.6 Å². The zero-order chi connectivity index (χ0) is 13.3. The first-order chi connectivity index (χ1) is 8.56. The molecule has 0 saturated carbocycles. The number of aromatic nitrogens is 2. The summed E-state index contributed by atoms with van der Waals surface area (Å²) < 4.78 is 15.5. The number of nitrogens with zero attached hydrogens (tertiary/aromatic N) is 2. The Morgan fingerprint density at radius 3 is 2.89 bits per heavy atom. The maximum absolute atomic E-state index is 14.0. The van der Waals surface area contributed by atoms with Gasteiger partial charge in [0.05, 0.1) is 16.9 Å². The van der Waals surface area contributed by atoms with E-state index in [2.05, 4.69) is 5.10 Å². The highest BCUT2D eigenvalue weighted by Crippen LogP contribution is 2.30. The second-order valence-electron chi connectivity index (χ2n) is 4.07. The van der Waals surface area contributed by atoms with Gasteiger partial charge in [-0.05, 0) is 19.4 Å². The predicted molar refractivity (Wildman–Crippen MR) is 68.1 cm³/mol. The molecular formula is C13H14ClFN2O. The molecule has 1 heterocycles. The number of hydrogen-bond acceptors (Lipinski definition) is 2. The summed E-state index contributed by atoms with van der Waals surface area (Å²) in [5, 5.41) is 14.7. The fraction of sp³-hybridized carbons (Fsp3) is 0.308. The maximum atomic E-state index is 14.0. The van der Waals surface area contributed by atoms with Gasteiger partial charge in [-0.2, -0.15) is 5.10 Å². The van der Waals surface area contributed by atoms with E-state index in [1.54, 1.807) is 29.8 Å². The van der Waals surface area contributed by atoms with Gasteiger partial charge in [-0.15, -0.1) is 0 Å². The molecule has 0 bridgehead atoms. The van der Waals surface area contributed by atoms with Crippen LogP contribution in [0.1, 0.15) is 29.8 Å². The lowest BCUT2D eigenvalue weighted by atomic mass is 10.0. The fourth-order valence-electron chi connectivity index (χ4n) is 1.92. The van der Waals surface area contributed by atoms with Crippen molar-refractivity contribution in [2.24, 2.45) is 0 Å². The molecule has 0 radical (unpaired) electrons. The summed E-state index contributed by atoms with van der Waals surface area (Å²) in [4.78, 5) is 0. The van der Waals surface area contributed by atoms with Crippen molar-refractivity contribution in [3.8, 4) is 0 Å². The van der Waals surface area contributed by atoms with Gasteiger partial charge in [0.2, 0.25) is 0 Å². The normalized spacial score (nSPS) is 12.7. The molecule has 0 saturated heterocycles. The summed E-state index contributed by atoms with van der Waals surface area (Å²) in [5.74, 6) is -0.412. The number of aliphatic hydroxyl groups excluding tert-OH is 1. The summed E-state index contributed by atoms with van der Waals surface area (Å²) in [5.41, 5.74) is 1.13. The average molecular weight is 269 g/mol. The first-order valence-electron chi connectivity index (χ1n) is 5.70. The van der Waals surface area contributed by atoms with Crippen molar-refractivity contribution in [2.45, 2.75) is 26.5 Å². The Kier molecular flexibility index (Phi) is 3.68. The monoisotopic (exact) mass is 268 g/mol. The highest BCUT2D eigenvalue weighted by molar-refractivity contribution is 6.31. The van der Waals surface area contributed by atoms with Crippen LogP contribution in [0.3, 0.4) is 0 Å². The van der Waals surface area contributed by atoms with Gasteiger partial charge in [0.25, 0.3) is 0 Å². The van der Waals surface area contributed by atoms with Crippen LogP contribution in [0, 0.1) is 12.7 Å². The minimum atomic E-state index is -1.11. The van der Waals surface area contributed by atoms with Gasteiger partial charge in [-0.1, -0.05) is 29.8 Å². The van der Waals surface area contributed by atoms with Crippen LogP contribution in [0.5, 0.6) is 0 Å². The Bertz CT molecular complexity index is 568. The largest absolute Gasteiger partial charge is 0.382 e. The van der Waals surface area contributed by atoms with E-state index in [0.717, 1.165) is 0 Å². The van der Waals surface area contributed by atoms with E-state index in [1.165, 1.54) is 6.20 Å². The van der Waals surface area contributed by atoms with E-state index in [1.807, 2.05) is 6.92 Å². The molecule has 0 aliphatic heterocycles. The summed E-state index contributed by atoms with van der Waals surface area (Å²) in [6.07, 6.45) is 0.344. The minimum absolute atomic E-state index is 0.215. The van der Waals surface area contributed by atoms with E-state index < -0.39 is 11.9 Å². The zero-order valence-corrected chi connectivity index (χ0v) is 10.9. The minimum Gasteiger partial charge on any atom is -0.382 e. The highest BCUT2D eigenvalue weighted by atomic mass is 35.5. The zero-order valence-electron chi connectivity index (χ0n) is 10.2. The molecule has 1 aromatic carbocycles. The molecule has 18 heavy (non-hydrogen) atoms. The lowest BCUT2D eigenvalue weighted by Crippen LogP contribution is -2.11. The third-order valence-electron chi connectivity index (χ3n) is 2.91. The number of halogens is 2. The topological polar surface area (TPSA) is 38.0 Å². The molecule has 0 spiro atoms. The molecule has 1 N–H and O–H groups in total. The summed E-state index contributed by atoms with van der Waals surface area (Å²) in [6, 6.07) is 4.91. The van der Waals surface area contributed by atoms with Crippen LogP contribution in [-0.2, 0) is 6.54 Å². The van der Waals surface area contributed by atoms with Gasteiger partial charge in [0.1, 0.15) is 11.9 Å². The SMILES string of the molecule is CCn1ncc(Cl)c1C(O)c1cccc(C)c1F. The van der Waals surface area contributed by atoms with Crippen molar-refractivity contribution < 1.29 is 9.50 Å². The second kappa shape index (κ2) is 5.08. The quantitative estimate of drug-likeness (QED) is 0.929. The predicted octanol–water partition coefficient (Wildman–Crippen LogP) is 3.09. The molecule has 1 aromatic heterocycles. The Balaban J connectivity index is 2.51. The molecule has 0 amide bonds. The van der Waals surface area contributed by atoms with E-state index in [-0.39, 0.29) is 5.56 Å². The molecule has 3 nitrogen and oxygen atoms in total. The van der Waals surface area contributed by atoms with Crippen molar-refractivity contribution in [1.29, 1.82) is 0 Å². The van der Waals surface area contributed by atoms with Gasteiger partial charge in [-0.25, -0.2) is 4.39 Å². The smallest absolute Gasteiger partial charge is 0.132 e.